The van der Waals surface area contributed by atoms with Crippen molar-refractivity contribution in [2.45, 2.75) is 155 Å². The van der Waals surface area contributed by atoms with Gasteiger partial charge in [-0.3, -0.25) is 24.8 Å². The number of ether oxygens (including phenoxy) is 5. The Morgan fingerprint density at radius 2 is 1.39 bits per heavy atom. The van der Waals surface area contributed by atoms with Gasteiger partial charge in [-0.1, -0.05) is 65.8 Å². The first-order chi connectivity index (χ1) is 39.0. The molecular weight excluding hydrogens is 1140 g/mol. The minimum absolute atomic E-state index is 0.0517. The van der Waals surface area contributed by atoms with Crippen molar-refractivity contribution < 1.29 is 75.1 Å². The standard InChI is InChI=1S/C54H70N12O16S2/c1-50(2,3)78-46(70)59-44(64(49(73)81-53(10,11)12)29-32-27-63(28-32)48(72)80-52(7,8)9)55-25-35-26-56-65(61-35)30-37-39(42(68)66(37)84(74,75)76)58-41(67)38(36-31-83-45(57-36)60-47(71)79-51(4,5)6)62-82-54(23-24-54)43(69)77-40(33-19-15-13-16-20-33)34-21-17-14-18-22-34/h13-22,26,31-32,37,39-40H,23-25,27-30H2,1-12H3,(H,58,67)(H,55,59,70)(H,57,60,71)(H,74,75,76)/b62-38+/t37-,39+/m1/s1. The largest absolute Gasteiger partial charge is 0.450 e. The van der Waals surface area contributed by atoms with Gasteiger partial charge < -0.3 is 38.7 Å². The van der Waals surface area contributed by atoms with Crippen LogP contribution in [-0.4, -0.2) is 161 Å². The smallest absolute Gasteiger partial charge is 0.417 e. The van der Waals surface area contributed by atoms with Gasteiger partial charge in [0.05, 0.1) is 19.3 Å². The summed E-state index contributed by atoms with van der Waals surface area (Å²) in [5.74, 6) is -3.89. The van der Waals surface area contributed by atoms with E-state index in [0.29, 0.717) is 11.1 Å². The lowest BCUT2D eigenvalue weighted by molar-refractivity contribution is -0.164. The van der Waals surface area contributed by atoms with Crippen molar-refractivity contribution >= 4 is 80.6 Å². The Balaban J connectivity index is 1.14. The number of benzene rings is 2. The van der Waals surface area contributed by atoms with Gasteiger partial charge in [-0.15, -0.1) is 11.3 Å². The number of esters is 1. The lowest BCUT2D eigenvalue weighted by Crippen LogP contribution is -2.73. The molecule has 0 unspecified atom stereocenters. The highest BCUT2D eigenvalue weighted by Crippen LogP contribution is 2.43. The average molecular weight is 1210 g/mol. The molecule has 2 aromatic heterocycles. The number of hydrogen-bond acceptors (Lipinski definition) is 21. The Hall–Kier alpha value is -8.25. The highest BCUT2D eigenvalue weighted by atomic mass is 32.2. The third-order valence-electron chi connectivity index (χ3n) is 11.9. The number of amides is 6. The molecule has 2 atom stereocenters. The van der Waals surface area contributed by atoms with E-state index in [4.69, 9.17) is 28.5 Å². The van der Waals surface area contributed by atoms with Crippen LogP contribution in [-0.2, 0) is 66.3 Å². The normalized spacial score (nSPS) is 17.5. The summed E-state index contributed by atoms with van der Waals surface area (Å²) in [5, 5.41) is 21.4. The highest BCUT2D eigenvalue weighted by Gasteiger charge is 2.57. The number of aromatic nitrogens is 4. The lowest BCUT2D eigenvalue weighted by Gasteiger charge is -2.43. The molecule has 2 aromatic carbocycles. The van der Waals surface area contributed by atoms with Crippen LogP contribution in [0, 0.1) is 5.92 Å². The first-order valence-corrected chi connectivity index (χ1v) is 28.9. The first kappa shape index (κ1) is 63.3. The molecule has 4 heterocycles. The van der Waals surface area contributed by atoms with Crippen LogP contribution in [0.3, 0.4) is 0 Å². The number of guanidine groups is 1. The predicted molar refractivity (Wildman–Crippen MR) is 301 cm³/mol. The lowest BCUT2D eigenvalue weighted by atomic mass is 9.98. The van der Waals surface area contributed by atoms with Crippen LogP contribution in [0.5, 0.6) is 0 Å². The summed E-state index contributed by atoms with van der Waals surface area (Å²) < 4.78 is 63.9. The summed E-state index contributed by atoms with van der Waals surface area (Å²) in [6, 6.07) is 14.7. The maximum absolute atomic E-state index is 14.5. The van der Waals surface area contributed by atoms with Gasteiger partial charge in [-0.05, 0) is 94.2 Å². The zero-order chi connectivity index (χ0) is 61.7. The third kappa shape index (κ3) is 17.4. The first-order valence-electron chi connectivity index (χ1n) is 26.6. The third-order valence-corrected chi connectivity index (χ3v) is 13.7. The molecule has 30 heteroatoms. The second-order valence-electron chi connectivity index (χ2n) is 23.9. The Labute approximate surface area is 489 Å². The summed E-state index contributed by atoms with van der Waals surface area (Å²) in [7, 11) is -5.28. The molecule has 454 valence electrons. The van der Waals surface area contributed by atoms with Crippen LogP contribution in [0.2, 0.25) is 0 Å². The van der Waals surface area contributed by atoms with Crippen molar-refractivity contribution in [3.8, 4) is 0 Å². The topological polar surface area (TPSA) is 343 Å². The zero-order valence-corrected chi connectivity index (χ0v) is 50.2. The molecule has 3 aliphatic rings. The van der Waals surface area contributed by atoms with E-state index in [1.54, 1.807) is 132 Å². The van der Waals surface area contributed by atoms with E-state index in [9.17, 15) is 46.5 Å². The molecule has 6 amide bonds. The number of likely N-dealkylation sites (tertiary alicyclic amines) is 1. The average Bonchev–Trinajstić information content (AvgIpc) is 1.08. The van der Waals surface area contributed by atoms with Gasteiger partial charge in [-0.2, -0.15) is 23.4 Å². The van der Waals surface area contributed by atoms with E-state index in [1.807, 2.05) is 12.1 Å². The number of β-lactam (4-membered cyclic amide) rings is 1. The van der Waals surface area contributed by atoms with Gasteiger partial charge >= 0.3 is 40.6 Å². The molecule has 2 aliphatic heterocycles. The molecule has 84 heavy (non-hydrogen) atoms. The van der Waals surface area contributed by atoms with Crippen LogP contribution in [0.15, 0.2) is 82.4 Å². The SMILES string of the molecule is CC(C)(C)OC(=O)NC(=NCc1cnn(C[C@@H]2[C@H](NC(=O)/C(=N/OC3(C(=O)OC(c4ccccc4)c4ccccc4)CC3)c3csc(NC(=O)OC(C)(C)C)n3)C(=O)N2S(=O)(=O)O)n1)N(CC1CN(C(=O)OC(C)(C)C)C1)C(=O)OC(C)(C)C. The minimum Gasteiger partial charge on any atom is -0.450 e. The number of carbonyl (C=O) groups excluding carboxylic acids is 7. The number of rotatable bonds is 17. The molecule has 7 rings (SSSR count). The fourth-order valence-corrected chi connectivity index (χ4v) is 9.70. The summed E-state index contributed by atoms with van der Waals surface area (Å²) >= 11 is 0.862. The molecule has 1 aliphatic carbocycles. The number of carbonyl (C=O) groups is 7. The number of hydrogen-bond donors (Lipinski definition) is 4. The van der Waals surface area contributed by atoms with E-state index in [-0.39, 0.29) is 65.2 Å². The molecule has 4 N–H and O–H groups in total. The molecule has 3 fully saturated rings. The number of nitrogens with one attached hydrogen (secondary N) is 3. The van der Waals surface area contributed by atoms with E-state index in [0.717, 1.165) is 21.0 Å². The number of alkyl carbamates (subject to hydrolysis) is 1. The maximum atomic E-state index is 14.5. The van der Waals surface area contributed by atoms with Gasteiger partial charge in [0.1, 0.15) is 45.9 Å². The number of nitrogens with zero attached hydrogens (tertiary/aromatic N) is 9. The van der Waals surface area contributed by atoms with Crippen molar-refractivity contribution in [3.63, 3.8) is 0 Å². The fourth-order valence-electron chi connectivity index (χ4n) is 8.15. The van der Waals surface area contributed by atoms with Crippen LogP contribution in [0.25, 0.3) is 0 Å². The molecule has 0 spiro atoms. The van der Waals surface area contributed by atoms with Crippen molar-refractivity contribution in [2.24, 2.45) is 16.1 Å². The van der Waals surface area contributed by atoms with Crippen LogP contribution in [0.1, 0.15) is 125 Å². The Bertz CT molecular complexity index is 3220. The van der Waals surface area contributed by atoms with Crippen LogP contribution >= 0.6 is 11.3 Å². The number of aliphatic imine (C=N–C) groups is 1. The van der Waals surface area contributed by atoms with Gasteiger partial charge in [0.15, 0.2) is 16.9 Å². The van der Waals surface area contributed by atoms with Crippen molar-refractivity contribution in [1.29, 1.82) is 0 Å². The molecule has 28 nitrogen and oxygen atoms in total. The van der Waals surface area contributed by atoms with Crippen molar-refractivity contribution in [2.75, 3.05) is 25.0 Å². The van der Waals surface area contributed by atoms with E-state index in [2.05, 4.69) is 41.3 Å². The Kier molecular flexibility index (Phi) is 18.8. The van der Waals surface area contributed by atoms with Gasteiger partial charge in [0.25, 0.3) is 11.8 Å². The van der Waals surface area contributed by atoms with Gasteiger partial charge in [-0.25, -0.2) is 43.2 Å². The quantitative estimate of drug-likeness (QED) is 0.0170. The van der Waals surface area contributed by atoms with Crippen molar-refractivity contribution in [3.05, 3.63) is 94.8 Å². The van der Waals surface area contributed by atoms with E-state index < -0.39 is 117 Å². The summed E-state index contributed by atoms with van der Waals surface area (Å²) in [4.78, 5) is 113. The molecular formula is C54H70N12O16S2. The predicted octanol–water partition coefficient (Wildman–Crippen LogP) is 6.35. The monoisotopic (exact) mass is 1210 g/mol. The van der Waals surface area contributed by atoms with E-state index in [1.165, 1.54) is 16.5 Å². The zero-order valence-electron chi connectivity index (χ0n) is 48.6. The molecule has 1 saturated carbocycles. The Morgan fingerprint density at radius 3 is 1.94 bits per heavy atom. The molecule has 4 aromatic rings. The number of thiazole rings is 1. The van der Waals surface area contributed by atoms with Crippen LogP contribution < -0.4 is 16.0 Å². The van der Waals surface area contributed by atoms with Crippen molar-refractivity contribution in [1.82, 2.24) is 44.7 Å². The summed E-state index contributed by atoms with van der Waals surface area (Å²) in [6.07, 6.45) is -2.69. The molecule has 0 radical (unpaired) electrons. The molecule has 2 saturated heterocycles. The molecule has 0 bridgehead atoms. The number of oxime groups is 1. The van der Waals surface area contributed by atoms with Gasteiger partial charge in [0.2, 0.25) is 11.6 Å². The number of anilines is 1. The van der Waals surface area contributed by atoms with Crippen LogP contribution in [0.4, 0.5) is 24.3 Å². The Morgan fingerprint density at radius 1 is 0.821 bits per heavy atom. The second kappa shape index (κ2) is 24.9. The summed E-state index contributed by atoms with van der Waals surface area (Å²) in [6.45, 7) is 19.3. The fraction of sp³-hybridized carbons (Fsp3) is 0.519. The summed E-state index contributed by atoms with van der Waals surface area (Å²) in [5.41, 5.74) is -4.73. The highest BCUT2D eigenvalue weighted by molar-refractivity contribution is 7.84. The minimum atomic E-state index is -5.28. The maximum Gasteiger partial charge on any atom is 0.417 e. The second-order valence-corrected chi connectivity index (χ2v) is 26.1. The van der Waals surface area contributed by atoms with E-state index >= 15 is 0 Å². The van der Waals surface area contributed by atoms with Gasteiger partial charge in [0, 0.05) is 43.8 Å².